The summed E-state index contributed by atoms with van der Waals surface area (Å²) >= 11 is 0. The third kappa shape index (κ3) is 2.62. The zero-order valence-electron chi connectivity index (χ0n) is 7.39. The highest BCUT2D eigenvalue weighted by molar-refractivity contribution is 5.75. The van der Waals surface area contributed by atoms with E-state index in [0.717, 1.165) is 19.5 Å². The van der Waals surface area contributed by atoms with Crippen molar-refractivity contribution in [1.82, 2.24) is 5.32 Å². The molecule has 2 atom stereocenters. The monoisotopic (exact) mass is 155 g/mol. The van der Waals surface area contributed by atoms with Crippen LogP contribution in [0.2, 0.25) is 0 Å². The van der Waals surface area contributed by atoms with Gasteiger partial charge in [-0.05, 0) is 38.3 Å². The van der Waals surface area contributed by atoms with Gasteiger partial charge in [-0.3, -0.25) is 0 Å². The molecular weight excluding hydrogens is 138 g/mol. The Morgan fingerprint density at radius 3 is 2.91 bits per heavy atom. The van der Waals surface area contributed by atoms with Crippen molar-refractivity contribution in [3.8, 4) is 0 Å². The molecule has 0 aromatic heterocycles. The molecule has 2 unspecified atom stereocenters. The van der Waals surface area contributed by atoms with E-state index in [2.05, 4.69) is 12.2 Å². The van der Waals surface area contributed by atoms with Gasteiger partial charge in [-0.2, -0.15) is 0 Å². The van der Waals surface area contributed by atoms with Gasteiger partial charge in [-0.15, -0.1) is 0 Å². The summed E-state index contributed by atoms with van der Waals surface area (Å²) in [7, 11) is 0. The lowest BCUT2D eigenvalue weighted by Crippen LogP contribution is -2.35. The van der Waals surface area contributed by atoms with Crippen molar-refractivity contribution in [3.05, 3.63) is 0 Å². The van der Waals surface area contributed by atoms with Crippen LogP contribution in [0.4, 0.5) is 0 Å². The van der Waals surface area contributed by atoms with E-state index in [-0.39, 0.29) is 0 Å². The van der Waals surface area contributed by atoms with E-state index >= 15 is 0 Å². The molecule has 1 aliphatic heterocycles. The lowest BCUT2D eigenvalue weighted by atomic mass is 9.84. The smallest absolute Gasteiger partial charge is 0.130 e. The molecule has 1 saturated heterocycles. The maximum Gasteiger partial charge on any atom is 0.130 e. The Kier molecular flexibility index (Phi) is 3.06. The largest absolute Gasteiger partial charge is 0.316 e. The minimum Gasteiger partial charge on any atom is -0.316 e. The second-order valence-corrected chi connectivity index (χ2v) is 3.64. The molecular formula is C9H17NO. The number of rotatable bonds is 2. The van der Waals surface area contributed by atoms with E-state index in [1.54, 1.807) is 6.92 Å². The topological polar surface area (TPSA) is 29.1 Å². The van der Waals surface area contributed by atoms with Crippen molar-refractivity contribution in [1.29, 1.82) is 0 Å². The first-order valence-electron chi connectivity index (χ1n) is 4.40. The zero-order chi connectivity index (χ0) is 8.27. The van der Waals surface area contributed by atoms with Crippen LogP contribution in [-0.4, -0.2) is 18.9 Å². The van der Waals surface area contributed by atoms with Gasteiger partial charge in [0.25, 0.3) is 0 Å². The minimum atomic E-state index is 0.337. The van der Waals surface area contributed by atoms with E-state index in [1.807, 2.05) is 0 Å². The minimum absolute atomic E-state index is 0.337. The predicted molar refractivity (Wildman–Crippen MR) is 45.4 cm³/mol. The van der Waals surface area contributed by atoms with Crippen LogP contribution in [0.5, 0.6) is 0 Å². The van der Waals surface area contributed by atoms with E-state index in [1.165, 1.54) is 6.42 Å². The van der Waals surface area contributed by atoms with Crippen LogP contribution < -0.4 is 5.32 Å². The molecule has 0 saturated carbocycles. The van der Waals surface area contributed by atoms with E-state index in [0.29, 0.717) is 17.6 Å². The first-order chi connectivity index (χ1) is 5.20. The summed E-state index contributed by atoms with van der Waals surface area (Å²) in [4.78, 5) is 10.8. The third-order valence-corrected chi connectivity index (χ3v) is 2.51. The van der Waals surface area contributed by atoms with Crippen LogP contribution in [0.3, 0.4) is 0 Å². The Morgan fingerprint density at radius 1 is 1.64 bits per heavy atom. The summed E-state index contributed by atoms with van der Waals surface area (Å²) in [6, 6.07) is 0. The molecule has 1 N–H and O–H groups in total. The Bertz CT molecular complexity index is 144. The average molecular weight is 155 g/mol. The Balaban J connectivity index is 2.35. The number of carbonyl (C=O) groups excluding carboxylic acids is 1. The fourth-order valence-electron chi connectivity index (χ4n) is 1.74. The highest BCUT2D eigenvalue weighted by Gasteiger charge is 2.21. The van der Waals surface area contributed by atoms with Crippen molar-refractivity contribution in [2.45, 2.75) is 26.7 Å². The molecule has 1 fully saturated rings. The van der Waals surface area contributed by atoms with Gasteiger partial charge in [0.1, 0.15) is 5.78 Å². The van der Waals surface area contributed by atoms with Crippen molar-refractivity contribution < 1.29 is 4.79 Å². The standard InChI is InChI=1S/C9H17NO/c1-7-6-10-4-3-9(7)5-8(2)11/h7,9-10H,3-6H2,1-2H3. The number of piperidine rings is 1. The van der Waals surface area contributed by atoms with Crippen molar-refractivity contribution >= 4 is 5.78 Å². The first kappa shape index (κ1) is 8.72. The summed E-state index contributed by atoms with van der Waals surface area (Å²) in [6.07, 6.45) is 1.95. The SMILES string of the molecule is CC(=O)CC1CCNCC1C. The van der Waals surface area contributed by atoms with Gasteiger partial charge in [0, 0.05) is 6.42 Å². The van der Waals surface area contributed by atoms with Crippen molar-refractivity contribution in [2.24, 2.45) is 11.8 Å². The molecule has 1 aliphatic rings. The summed E-state index contributed by atoms with van der Waals surface area (Å²) in [5.41, 5.74) is 0. The predicted octanol–water partition coefficient (Wildman–Crippen LogP) is 1.21. The van der Waals surface area contributed by atoms with Crippen molar-refractivity contribution in [3.63, 3.8) is 0 Å². The van der Waals surface area contributed by atoms with Gasteiger partial charge in [-0.25, -0.2) is 0 Å². The van der Waals surface area contributed by atoms with Crippen molar-refractivity contribution in [2.75, 3.05) is 13.1 Å². The zero-order valence-corrected chi connectivity index (χ0v) is 7.39. The molecule has 0 amide bonds. The second-order valence-electron chi connectivity index (χ2n) is 3.64. The molecule has 0 aromatic rings. The van der Waals surface area contributed by atoms with Crippen LogP contribution in [0, 0.1) is 11.8 Å². The molecule has 11 heavy (non-hydrogen) atoms. The molecule has 0 aliphatic carbocycles. The lowest BCUT2D eigenvalue weighted by Gasteiger charge is -2.28. The fourth-order valence-corrected chi connectivity index (χ4v) is 1.74. The Hall–Kier alpha value is -0.370. The van der Waals surface area contributed by atoms with Gasteiger partial charge in [0.05, 0.1) is 0 Å². The molecule has 0 bridgehead atoms. The van der Waals surface area contributed by atoms with Gasteiger partial charge in [0.15, 0.2) is 0 Å². The summed E-state index contributed by atoms with van der Waals surface area (Å²) in [6.45, 7) is 6.08. The van der Waals surface area contributed by atoms with Crippen LogP contribution >= 0.6 is 0 Å². The summed E-state index contributed by atoms with van der Waals surface area (Å²) < 4.78 is 0. The van der Waals surface area contributed by atoms with E-state index in [9.17, 15) is 4.79 Å². The average Bonchev–Trinajstić information content (AvgIpc) is 1.93. The molecule has 0 radical (unpaired) electrons. The molecule has 0 spiro atoms. The van der Waals surface area contributed by atoms with Gasteiger partial charge >= 0.3 is 0 Å². The van der Waals surface area contributed by atoms with Crippen LogP contribution in [0.15, 0.2) is 0 Å². The van der Waals surface area contributed by atoms with Crippen LogP contribution in [0.1, 0.15) is 26.7 Å². The summed E-state index contributed by atoms with van der Waals surface area (Å²) in [5.74, 6) is 1.64. The maximum absolute atomic E-state index is 10.8. The molecule has 1 heterocycles. The second kappa shape index (κ2) is 3.86. The number of hydrogen-bond donors (Lipinski definition) is 1. The fraction of sp³-hybridized carbons (Fsp3) is 0.889. The first-order valence-corrected chi connectivity index (χ1v) is 4.40. The number of ketones is 1. The quantitative estimate of drug-likeness (QED) is 0.649. The number of carbonyl (C=O) groups is 1. The maximum atomic E-state index is 10.8. The van der Waals surface area contributed by atoms with Crippen LogP contribution in [-0.2, 0) is 4.79 Å². The molecule has 1 rings (SSSR count). The van der Waals surface area contributed by atoms with E-state index < -0.39 is 0 Å². The highest BCUT2D eigenvalue weighted by Crippen LogP contribution is 2.21. The molecule has 2 heteroatoms. The van der Waals surface area contributed by atoms with Gasteiger partial charge in [0.2, 0.25) is 0 Å². The molecule has 0 aromatic carbocycles. The Labute approximate surface area is 68.4 Å². The van der Waals surface area contributed by atoms with Gasteiger partial charge in [-0.1, -0.05) is 6.92 Å². The normalized spacial score (nSPS) is 31.8. The van der Waals surface area contributed by atoms with Gasteiger partial charge < -0.3 is 10.1 Å². The number of Topliss-reactive ketones (excluding diaryl/α,β-unsaturated/α-hetero) is 1. The highest BCUT2D eigenvalue weighted by atomic mass is 16.1. The summed E-state index contributed by atoms with van der Waals surface area (Å²) in [5, 5.41) is 3.33. The molecule has 2 nitrogen and oxygen atoms in total. The van der Waals surface area contributed by atoms with E-state index in [4.69, 9.17) is 0 Å². The third-order valence-electron chi connectivity index (χ3n) is 2.51. The number of hydrogen-bond acceptors (Lipinski definition) is 2. The number of nitrogens with one attached hydrogen (secondary N) is 1. The Morgan fingerprint density at radius 2 is 2.36 bits per heavy atom. The lowest BCUT2D eigenvalue weighted by molar-refractivity contribution is -0.118. The molecule has 64 valence electrons. The van der Waals surface area contributed by atoms with Crippen LogP contribution in [0.25, 0.3) is 0 Å².